The molecule has 0 unspecified atom stereocenters. The summed E-state index contributed by atoms with van der Waals surface area (Å²) in [6, 6.07) is 21.4. The number of ether oxygens (including phenoxy) is 2. The predicted octanol–water partition coefficient (Wildman–Crippen LogP) is 5.34. The fraction of sp³-hybridized carbons (Fsp3) is 0.136. The quantitative estimate of drug-likeness (QED) is 0.586. The molecular formula is C22H17ClO3. The third-order valence-electron chi connectivity index (χ3n) is 4.46. The Balaban J connectivity index is 1.52. The first-order valence-electron chi connectivity index (χ1n) is 8.40. The highest BCUT2D eigenvalue weighted by Gasteiger charge is 2.31. The fourth-order valence-electron chi connectivity index (χ4n) is 3.26. The van der Waals surface area contributed by atoms with Gasteiger partial charge in [-0.3, -0.25) is 0 Å². The summed E-state index contributed by atoms with van der Waals surface area (Å²) in [6.45, 7) is 1.75. The molecule has 0 saturated heterocycles. The number of halogens is 1. The molecule has 1 aliphatic carbocycles. The average Bonchev–Trinajstić information content (AvgIpc) is 2.97. The number of hydrogen-bond donors (Lipinski definition) is 0. The zero-order chi connectivity index (χ0) is 18.1. The summed E-state index contributed by atoms with van der Waals surface area (Å²) in [5, 5.41) is 0.472. The summed E-state index contributed by atoms with van der Waals surface area (Å²) >= 11 is 6.11. The molecule has 4 rings (SSSR count). The van der Waals surface area contributed by atoms with Crippen molar-refractivity contribution in [2.75, 3.05) is 6.61 Å². The second-order valence-corrected chi connectivity index (χ2v) is 6.67. The zero-order valence-electron chi connectivity index (χ0n) is 14.2. The maximum Gasteiger partial charge on any atom is 0.345 e. The van der Waals surface area contributed by atoms with Crippen molar-refractivity contribution in [2.24, 2.45) is 0 Å². The Morgan fingerprint density at radius 3 is 2.23 bits per heavy atom. The van der Waals surface area contributed by atoms with E-state index in [1.807, 2.05) is 61.5 Å². The van der Waals surface area contributed by atoms with Crippen molar-refractivity contribution in [1.82, 2.24) is 0 Å². The van der Waals surface area contributed by atoms with Gasteiger partial charge in [-0.15, -0.1) is 0 Å². The second-order valence-electron chi connectivity index (χ2n) is 6.27. The summed E-state index contributed by atoms with van der Waals surface area (Å²) in [5.41, 5.74) is 5.20. The van der Waals surface area contributed by atoms with Gasteiger partial charge in [-0.1, -0.05) is 66.2 Å². The van der Waals surface area contributed by atoms with E-state index in [1.165, 1.54) is 0 Å². The van der Waals surface area contributed by atoms with E-state index < -0.39 is 12.1 Å². The highest BCUT2D eigenvalue weighted by atomic mass is 35.5. The van der Waals surface area contributed by atoms with E-state index in [4.69, 9.17) is 21.1 Å². The summed E-state index contributed by atoms with van der Waals surface area (Å²) < 4.78 is 11.3. The van der Waals surface area contributed by atoms with Gasteiger partial charge in [0.1, 0.15) is 5.75 Å². The Labute approximate surface area is 157 Å². The largest absolute Gasteiger partial charge is 0.480 e. The van der Waals surface area contributed by atoms with Crippen LogP contribution in [0.3, 0.4) is 0 Å². The van der Waals surface area contributed by atoms with Gasteiger partial charge in [-0.25, -0.2) is 4.79 Å². The van der Waals surface area contributed by atoms with E-state index in [9.17, 15) is 4.79 Å². The number of esters is 1. The number of carbonyl (C=O) groups is 1. The standard InChI is InChI=1S/C22H17ClO3/c1-14-10-11-19(23)20(12-14)25-13-21(24)26-22-17-8-4-2-6-15(17)16-7-3-5-9-18(16)22/h2-12,22H,13H2,1H3. The van der Waals surface area contributed by atoms with E-state index in [2.05, 4.69) is 0 Å². The third-order valence-corrected chi connectivity index (χ3v) is 4.77. The molecule has 3 nitrogen and oxygen atoms in total. The van der Waals surface area contributed by atoms with Crippen LogP contribution in [-0.2, 0) is 9.53 Å². The van der Waals surface area contributed by atoms with Crippen molar-refractivity contribution in [3.63, 3.8) is 0 Å². The normalized spacial score (nSPS) is 12.4. The monoisotopic (exact) mass is 364 g/mol. The smallest absolute Gasteiger partial charge is 0.345 e. The fourth-order valence-corrected chi connectivity index (χ4v) is 3.43. The molecule has 130 valence electrons. The molecule has 26 heavy (non-hydrogen) atoms. The highest BCUT2D eigenvalue weighted by molar-refractivity contribution is 6.32. The molecule has 0 fully saturated rings. The topological polar surface area (TPSA) is 35.5 Å². The molecule has 0 bridgehead atoms. The van der Waals surface area contributed by atoms with E-state index in [0.717, 1.165) is 27.8 Å². The van der Waals surface area contributed by atoms with Crippen LogP contribution >= 0.6 is 11.6 Å². The second kappa shape index (κ2) is 6.85. The van der Waals surface area contributed by atoms with Gasteiger partial charge in [0, 0.05) is 11.1 Å². The van der Waals surface area contributed by atoms with E-state index >= 15 is 0 Å². The van der Waals surface area contributed by atoms with Crippen LogP contribution in [0.15, 0.2) is 66.7 Å². The van der Waals surface area contributed by atoms with Crippen molar-refractivity contribution >= 4 is 17.6 Å². The Morgan fingerprint density at radius 2 is 1.58 bits per heavy atom. The number of aryl methyl sites for hydroxylation is 1. The van der Waals surface area contributed by atoms with Crippen LogP contribution < -0.4 is 4.74 Å². The highest BCUT2D eigenvalue weighted by Crippen LogP contribution is 2.45. The molecule has 3 aromatic rings. The maximum absolute atomic E-state index is 12.4. The first-order chi connectivity index (χ1) is 12.6. The Kier molecular flexibility index (Phi) is 4.39. The number of fused-ring (bicyclic) bond motifs is 3. The van der Waals surface area contributed by atoms with Gasteiger partial charge < -0.3 is 9.47 Å². The molecule has 1 aliphatic rings. The minimum absolute atomic E-state index is 0.190. The molecule has 0 aromatic heterocycles. The molecule has 0 aliphatic heterocycles. The van der Waals surface area contributed by atoms with Crippen LogP contribution in [0.4, 0.5) is 0 Å². The molecule has 3 aromatic carbocycles. The Hall–Kier alpha value is -2.78. The molecule has 0 atom stereocenters. The van der Waals surface area contributed by atoms with Gasteiger partial charge in [-0.05, 0) is 35.7 Å². The first-order valence-corrected chi connectivity index (χ1v) is 8.78. The molecule has 0 heterocycles. The molecule has 0 amide bonds. The molecular weight excluding hydrogens is 348 g/mol. The SMILES string of the molecule is Cc1ccc(Cl)c(OCC(=O)OC2c3ccccc3-c3ccccc32)c1. The van der Waals surface area contributed by atoms with Crippen LogP contribution in [0.25, 0.3) is 11.1 Å². The summed E-state index contributed by atoms with van der Waals surface area (Å²) in [4.78, 5) is 12.4. The number of carbonyl (C=O) groups excluding carboxylic acids is 1. The van der Waals surface area contributed by atoms with Crippen molar-refractivity contribution in [3.8, 4) is 16.9 Å². The van der Waals surface area contributed by atoms with Gasteiger partial charge in [0.05, 0.1) is 5.02 Å². The zero-order valence-corrected chi connectivity index (χ0v) is 15.0. The van der Waals surface area contributed by atoms with Gasteiger partial charge in [0.2, 0.25) is 0 Å². The maximum atomic E-state index is 12.4. The lowest BCUT2D eigenvalue weighted by atomic mass is 10.1. The number of rotatable bonds is 4. The summed E-state index contributed by atoms with van der Waals surface area (Å²) in [7, 11) is 0. The molecule has 4 heteroatoms. The lowest BCUT2D eigenvalue weighted by Gasteiger charge is -2.15. The Morgan fingerprint density at radius 1 is 0.962 bits per heavy atom. The summed E-state index contributed by atoms with van der Waals surface area (Å²) in [5.74, 6) is 0.0508. The first kappa shape index (κ1) is 16.7. The van der Waals surface area contributed by atoms with E-state index in [-0.39, 0.29) is 6.61 Å². The van der Waals surface area contributed by atoms with Gasteiger partial charge in [-0.2, -0.15) is 0 Å². The van der Waals surface area contributed by atoms with E-state index in [1.54, 1.807) is 12.1 Å². The van der Waals surface area contributed by atoms with Crippen LogP contribution in [0.5, 0.6) is 5.75 Å². The van der Waals surface area contributed by atoms with Crippen LogP contribution in [0.2, 0.25) is 5.02 Å². The van der Waals surface area contributed by atoms with E-state index in [0.29, 0.717) is 10.8 Å². The molecule has 0 saturated carbocycles. The molecule has 0 spiro atoms. The van der Waals surface area contributed by atoms with Crippen LogP contribution in [0.1, 0.15) is 22.8 Å². The minimum Gasteiger partial charge on any atom is -0.480 e. The van der Waals surface area contributed by atoms with Gasteiger partial charge in [0.15, 0.2) is 12.7 Å². The third kappa shape index (κ3) is 3.06. The van der Waals surface area contributed by atoms with Gasteiger partial charge in [0.25, 0.3) is 0 Å². The van der Waals surface area contributed by atoms with Crippen molar-refractivity contribution in [1.29, 1.82) is 0 Å². The van der Waals surface area contributed by atoms with Gasteiger partial charge >= 0.3 is 5.97 Å². The number of hydrogen-bond acceptors (Lipinski definition) is 3. The lowest BCUT2D eigenvalue weighted by Crippen LogP contribution is -2.18. The van der Waals surface area contributed by atoms with Crippen LogP contribution in [0, 0.1) is 6.92 Å². The summed E-state index contributed by atoms with van der Waals surface area (Å²) in [6.07, 6.45) is -0.411. The minimum atomic E-state index is -0.431. The Bertz CT molecular complexity index is 935. The average molecular weight is 365 g/mol. The van der Waals surface area contributed by atoms with Crippen molar-refractivity contribution in [2.45, 2.75) is 13.0 Å². The molecule has 0 radical (unpaired) electrons. The lowest BCUT2D eigenvalue weighted by molar-refractivity contribution is -0.149. The predicted molar refractivity (Wildman–Crippen MR) is 101 cm³/mol. The van der Waals surface area contributed by atoms with Crippen molar-refractivity contribution in [3.05, 3.63) is 88.4 Å². The number of benzene rings is 3. The molecule has 0 N–H and O–H groups in total. The van der Waals surface area contributed by atoms with Crippen LogP contribution in [-0.4, -0.2) is 12.6 Å². The van der Waals surface area contributed by atoms with Crippen molar-refractivity contribution < 1.29 is 14.3 Å².